The van der Waals surface area contributed by atoms with Gasteiger partial charge in [0.2, 0.25) is 5.91 Å². The molecule has 4 rings (SSSR count). The number of nitrogens with zero attached hydrogens (tertiary/aromatic N) is 1. The van der Waals surface area contributed by atoms with Crippen LogP contribution < -0.4 is 10.1 Å². The van der Waals surface area contributed by atoms with E-state index < -0.39 is 0 Å². The Morgan fingerprint density at radius 3 is 3.04 bits per heavy atom. The number of pyridine rings is 1. The van der Waals surface area contributed by atoms with Gasteiger partial charge in [-0.05, 0) is 30.3 Å². The van der Waals surface area contributed by atoms with E-state index in [9.17, 15) is 4.79 Å². The van der Waals surface area contributed by atoms with Crippen LogP contribution in [-0.4, -0.2) is 17.5 Å². The highest BCUT2D eigenvalue weighted by atomic mass is 79.9. The third kappa shape index (κ3) is 3.48. The average Bonchev–Trinajstić information content (AvgIpc) is 2.67. The SMILES string of the molecule is O=C(/C=C/c1cccc2cccnc12)NC1CCOc2ccc(Br)cc21. The van der Waals surface area contributed by atoms with Gasteiger partial charge >= 0.3 is 0 Å². The Morgan fingerprint density at radius 2 is 2.12 bits per heavy atom. The van der Waals surface area contributed by atoms with Crippen LogP contribution in [0, 0.1) is 0 Å². The molecule has 2 heterocycles. The highest BCUT2D eigenvalue weighted by molar-refractivity contribution is 9.10. The quantitative estimate of drug-likeness (QED) is 0.641. The van der Waals surface area contributed by atoms with Crippen molar-refractivity contribution in [3.8, 4) is 5.75 Å². The minimum Gasteiger partial charge on any atom is -0.493 e. The molecule has 2 aromatic carbocycles. The third-order valence-electron chi connectivity index (χ3n) is 4.41. The first-order valence-electron chi connectivity index (χ1n) is 8.45. The molecule has 0 fully saturated rings. The Hall–Kier alpha value is -2.66. The van der Waals surface area contributed by atoms with Gasteiger partial charge in [-0.3, -0.25) is 9.78 Å². The number of carbonyl (C=O) groups is 1. The van der Waals surface area contributed by atoms with E-state index in [0.717, 1.165) is 38.7 Å². The van der Waals surface area contributed by atoms with Crippen LogP contribution in [0.15, 0.2) is 65.3 Å². The molecule has 0 saturated carbocycles. The summed E-state index contributed by atoms with van der Waals surface area (Å²) in [6.45, 7) is 0.594. The summed E-state index contributed by atoms with van der Waals surface area (Å²) in [5.41, 5.74) is 2.81. The molecule has 0 radical (unpaired) electrons. The Kier molecular flexibility index (Phi) is 4.71. The third-order valence-corrected chi connectivity index (χ3v) is 4.90. The Bertz CT molecular complexity index is 995. The van der Waals surface area contributed by atoms with Gasteiger partial charge in [0, 0.05) is 39.7 Å². The summed E-state index contributed by atoms with van der Waals surface area (Å²) >= 11 is 3.48. The lowest BCUT2D eigenvalue weighted by molar-refractivity contribution is -0.117. The molecular weight excluding hydrogens is 392 g/mol. The number of halogens is 1. The van der Waals surface area contributed by atoms with Gasteiger partial charge in [0.05, 0.1) is 18.2 Å². The number of nitrogens with one attached hydrogen (secondary N) is 1. The van der Waals surface area contributed by atoms with Gasteiger partial charge in [-0.2, -0.15) is 0 Å². The molecule has 0 bridgehead atoms. The molecule has 0 saturated heterocycles. The summed E-state index contributed by atoms with van der Waals surface area (Å²) in [7, 11) is 0. The van der Waals surface area contributed by atoms with Gasteiger partial charge in [0.25, 0.3) is 0 Å². The minimum atomic E-state index is -0.129. The van der Waals surface area contributed by atoms with Crippen molar-refractivity contribution in [2.24, 2.45) is 0 Å². The second-order valence-corrected chi connectivity index (χ2v) is 7.05. The van der Waals surface area contributed by atoms with Crippen molar-refractivity contribution in [3.05, 3.63) is 76.4 Å². The zero-order valence-corrected chi connectivity index (χ0v) is 15.6. The van der Waals surface area contributed by atoms with E-state index in [1.54, 1.807) is 12.3 Å². The number of ether oxygens (including phenoxy) is 1. The van der Waals surface area contributed by atoms with Gasteiger partial charge in [-0.15, -0.1) is 0 Å². The van der Waals surface area contributed by atoms with Crippen LogP contribution in [0.25, 0.3) is 17.0 Å². The lowest BCUT2D eigenvalue weighted by Gasteiger charge is -2.26. The number of carbonyl (C=O) groups excluding carboxylic acids is 1. The number of benzene rings is 2. The number of aromatic nitrogens is 1. The number of rotatable bonds is 3. The zero-order chi connectivity index (χ0) is 17.9. The lowest BCUT2D eigenvalue weighted by Crippen LogP contribution is -2.31. The molecule has 130 valence electrons. The fraction of sp³-hybridized carbons (Fsp3) is 0.143. The second-order valence-electron chi connectivity index (χ2n) is 6.14. The monoisotopic (exact) mass is 408 g/mol. The summed E-state index contributed by atoms with van der Waals surface area (Å²) in [5, 5.41) is 4.13. The summed E-state index contributed by atoms with van der Waals surface area (Å²) in [5.74, 6) is 0.697. The number of hydrogen-bond acceptors (Lipinski definition) is 3. The van der Waals surface area contributed by atoms with Gasteiger partial charge in [-0.25, -0.2) is 0 Å². The first-order chi connectivity index (χ1) is 12.7. The summed E-state index contributed by atoms with van der Waals surface area (Å²) < 4.78 is 6.64. The van der Waals surface area contributed by atoms with E-state index in [1.807, 2.05) is 54.6 Å². The van der Waals surface area contributed by atoms with E-state index in [-0.39, 0.29) is 11.9 Å². The topological polar surface area (TPSA) is 51.2 Å². The van der Waals surface area contributed by atoms with E-state index in [0.29, 0.717) is 6.61 Å². The molecule has 1 atom stereocenters. The Morgan fingerprint density at radius 1 is 1.23 bits per heavy atom. The van der Waals surface area contributed by atoms with Crippen LogP contribution >= 0.6 is 15.9 Å². The fourth-order valence-electron chi connectivity index (χ4n) is 3.16. The van der Waals surface area contributed by atoms with E-state index in [4.69, 9.17) is 4.74 Å². The molecule has 5 heteroatoms. The number of para-hydroxylation sites is 1. The van der Waals surface area contributed by atoms with Gasteiger partial charge in [0.15, 0.2) is 0 Å². The first-order valence-corrected chi connectivity index (χ1v) is 9.24. The second kappa shape index (κ2) is 7.30. The van der Waals surface area contributed by atoms with Crippen molar-refractivity contribution < 1.29 is 9.53 Å². The highest BCUT2D eigenvalue weighted by Crippen LogP contribution is 2.34. The summed E-state index contributed by atoms with van der Waals surface area (Å²) in [4.78, 5) is 16.9. The van der Waals surface area contributed by atoms with Crippen molar-refractivity contribution in [2.45, 2.75) is 12.5 Å². The Labute approximate surface area is 160 Å². The highest BCUT2D eigenvalue weighted by Gasteiger charge is 2.22. The molecule has 1 aliphatic heterocycles. The maximum absolute atomic E-state index is 12.4. The van der Waals surface area contributed by atoms with Crippen molar-refractivity contribution in [1.82, 2.24) is 10.3 Å². The molecule has 3 aromatic rings. The lowest BCUT2D eigenvalue weighted by atomic mass is 10.0. The van der Waals surface area contributed by atoms with Crippen molar-refractivity contribution in [2.75, 3.05) is 6.61 Å². The molecule has 1 unspecified atom stereocenters. The average molecular weight is 409 g/mol. The van der Waals surface area contributed by atoms with Gasteiger partial charge < -0.3 is 10.1 Å². The van der Waals surface area contributed by atoms with Crippen LogP contribution in [0.3, 0.4) is 0 Å². The zero-order valence-electron chi connectivity index (χ0n) is 14.0. The predicted octanol–water partition coefficient (Wildman–Crippen LogP) is 4.65. The van der Waals surface area contributed by atoms with E-state index >= 15 is 0 Å². The van der Waals surface area contributed by atoms with Crippen molar-refractivity contribution in [3.63, 3.8) is 0 Å². The van der Waals surface area contributed by atoms with Gasteiger partial charge in [0.1, 0.15) is 5.75 Å². The molecular formula is C21H17BrN2O2. The maximum atomic E-state index is 12.4. The summed E-state index contributed by atoms with van der Waals surface area (Å²) in [6.07, 6.45) is 5.89. The minimum absolute atomic E-state index is 0.0564. The van der Waals surface area contributed by atoms with Crippen LogP contribution in [0.1, 0.15) is 23.6 Å². The number of amides is 1. The first kappa shape index (κ1) is 16.8. The largest absolute Gasteiger partial charge is 0.493 e. The maximum Gasteiger partial charge on any atom is 0.244 e. The predicted molar refractivity (Wildman–Crippen MR) is 106 cm³/mol. The van der Waals surface area contributed by atoms with Crippen LogP contribution in [0.2, 0.25) is 0 Å². The molecule has 0 spiro atoms. The smallest absolute Gasteiger partial charge is 0.244 e. The molecule has 1 aliphatic rings. The summed E-state index contributed by atoms with van der Waals surface area (Å²) in [6, 6.07) is 15.7. The molecule has 26 heavy (non-hydrogen) atoms. The molecule has 1 aromatic heterocycles. The molecule has 1 amide bonds. The molecule has 0 aliphatic carbocycles. The Balaban J connectivity index is 1.53. The molecule has 1 N–H and O–H groups in total. The normalized spacial score (nSPS) is 16.3. The standard InChI is InChI=1S/C21H17BrN2O2/c22-16-7-8-19-17(13-16)18(10-12-26-19)24-20(25)9-6-15-4-1-3-14-5-2-11-23-21(14)15/h1-9,11,13,18H,10,12H2,(H,24,25)/b9-6+. The van der Waals surface area contributed by atoms with Crippen LogP contribution in [0.5, 0.6) is 5.75 Å². The fourth-order valence-corrected chi connectivity index (χ4v) is 3.54. The van der Waals surface area contributed by atoms with Crippen molar-refractivity contribution in [1.29, 1.82) is 0 Å². The molecule has 4 nitrogen and oxygen atoms in total. The van der Waals surface area contributed by atoms with Crippen LogP contribution in [0.4, 0.5) is 0 Å². The number of fused-ring (bicyclic) bond motifs is 2. The van der Waals surface area contributed by atoms with E-state index in [2.05, 4.69) is 26.2 Å². The van der Waals surface area contributed by atoms with Crippen LogP contribution in [-0.2, 0) is 4.79 Å². The van der Waals surface area contributed by atoms with Gasteiger partial charge in [-0.1, -0.05) is 40.2 Å². The van der Waals surface area contributed by atoms with E-state index in [1.165, 1.54) is 0 Å². The van der Waals surface area contributed by atoms with Crippen molar-refractivity contribution >= 4 is 38.8 Å². The number of hydrogen-bond donors (Lipinski definition) is 1.